The van der Waals surface area contributed by atoms with Crippen LogP contribution in [0.3, 0.4) is 0 Å². The summed E-state index contributed by atoms with van der Waals surface area (Å²) in [5.74, 6) is 0. The Balaban J connectivity index is 2.31. The van der Waals surface area contributed by atoms with Gasteiger partial charge < -0.3 is 5.32 Å². The topological polar surface area (TPSA) is 12.0 Å². The van der Waals surface area contributed by atoms with Crippen LogP contribution in [0, 0.1) is 0 Å². The second kappa shape index (κ2) is 6.90. The molecule has 0 fully saturated rings. The fraction of sp³-hybridized carbons (Fsp3) is 0.636. The summed E-state index contributed by atoms with van der Waals surface area (Å²) < 4.78 is 25.2. The Labute approximate surface area is 93.5 Å². The summed E-state index contributed by atoms with van der Waals surface area (Å²) in [4.78, 5) is 0. The highest BCUT2D eigenvalue weighted by Gasteiger charge is 2.18. The molecule has 1 unspecified atom stereocenters. The van der Waals surface area contributed by atoms with Gasteiger partial charge in [-0.25, -0.2) is 8.78 Å². The van der Waals surface area contributed by atoms with E-state index in [0.29, 0.717) is 13.0 Å². The molecule has 1 aromatic rings. The van der Waals surface area contributed by atoms with Crippen molar-refractivity contribution in [2.45, 2.75) is 38.7 Å². The molecule has 1 nitrogen and oxygen atoms in total. The van der Waals surface area contributed by atoms with Gasteiger partial charge >= 0.3 is 0 Å². The SMILES string of the molecule is CCCNC(CCc1ccsc1)C(F)F. The van der Waals surface area contributed by atoms with E-state index in [0.717, 1.165) is 18.4 Å². The lowest BCUT2D eigenvalue weighted by atomic mass is 10.1. The molecule has 1 aromatic heterocycles. The average Bonchev–Trinajstić information content (AvgIpc) is 2.70. The molecule has 15 heavy (non-hydrogen) atoms. The number of thiophene rings is 1. The lowest BCUT2D eigenvalue weighted by Crippen LogP contribution is -2.36. The zero-order valence-electron chi connectivity index (χ0n) is 8.88. The highest BCUT2D eigenvalue weighted by Crippen LogP contribution is 2.13. The van der Waals surface area contributed by atoms with Crippen LogP contribution in [0.5, 0.6) is 0 Å². The van der Waals surface area contributed by atoms with Crippen LogP contribution in [0.15, 0.2) is 16.8 Å². The Bertz CT molecular complexity index is 249. The maximum Gasteiger partial charge on any atom is 0.253 e. The van der Waals surface area contributed by atoms with Gasteiger partial charge in [-0.05, 0) is 48.2 Å². The van der Waals surface area contributed by atoms with E-state index in [2.05, 4.69) is 5.32 Å². The predicted molar refractivity (Wildman–Crippen MR) is 60.7 cm³/mol. The van der Waals surface area contributed by atoms with Gasteiger partial charge in [0.15, 0.2) is 0 Å². The van der Waals surface area contributed by atoms with E-state index in [1.807, 2.05) is 23.8 Å². The lowest BCUT2D eigenvalue weighted by molar-refractivity contribution is 0.0943. The quantitative estimate of drug-likeness (QED) is 0.762. The Morgan fingerprint density at radius 1 is 1.47 bits per heavy atom. The highest BCUT2D eigenvalue weighted by atomic mass is 32.1. The average molecular weight is 233 g/mol. The van der Waals surface area contributed by atoms with Crippen molar-refractivity contribution in [1.82, 2.24) is 5.32 Å². The molecule has 0 bridgehead atoms. The first-order valence-corrected chi connectivity index (χ1v) is 6.21. The molecular weight excluding hydrogens is 216 g/mol. The van der Waals surface area contributed by atoms with Crippen molar-refractivity contribution in [1.29, 1.82) is 0 Å². The minimum Gasteiger partial charge on any atom is -0.309 e. The number of aryl methyl sites for hydroxylation is 1. The molecule has 1 atom stereocenters. The summed E-state index contributed by atoms with van der Waals surface area (Å²) in [5, 5.41) is 6.88. The van der Waals surface area contributed by atoms with E-state index in [9.17, 15) is 8.78 Å². The normalized spacial score (nSPS) is 13.3. The van der Waals surface area contributed by atoms with Gasteiger partial charge in [0.1, 0.15) is 0 Å². The number of hydrogen-bond acceptors (Lipinski definition) is 2. The zero-order valence-corrected chi connectivity index (χ0v) is 9.70. The number of rotatable bonds is 7. The Morgan fingerprint density at radius 3 is 2.80 bits per heavy atom. The van der Waals surface area contributed by atoms with Crippen LogP contribution in [0.25, 0.3) is 0 Å². The molecule has 1 N–H and O–H groups in total. The molecule has 0 saturated carbocycles. The van der Waals surface area contributed by atoms with Crippen LogP contribution in [0.4, 0.5) is 8.78 Å². The van der Waals surface area contributed by atoms with Gasteiger partial charge in [-0.2, -0.15) is 11.3 Å². The van der Waals surface area contributed by atoms with Crippen LogP contribution >= 0.6 is 11.3 Å². The lowest BCUT2D eigenvalue weighted by Gasteiger charge is -2.16. The first kappa shape index (κ1) is 12.6. The predicted octanol–water partition coefficient (Wildman–Crippen LogP) is 3.31. The van der Waals surface area contributed by atoms with Crippen molar-refractivity contribution >= 4 is 11.3 Å². The van der Waals surface area contributed by atoms with E-state index in [1.54, 1.807) is 11.3 Å². The summed E-state index contributed by atoms with van der Waals surface area (Å²) in [6.07, 6.45) is -0.138. The Kier molecular flexibility index (Phi) is 5.79. The summed E-state index contributed by atoms with van der Waals surface area (Å²) in [6, 6.07) is 1.33. The molecule has 4 heteroatoms. The highest BCUT2D eigenvalue weighted by molar-refractivity contribution is 7.07. The Morgan fingerprint density at radius 2 is 2.27 bits per heavy atom. The summed E-state index contributed by atoms with van der Waals surface area (Å²) in [5.41, 5.74) is 1.16. The minimum absolute atomic E-state index is 0.508. The first-order chi connectivity index (χ1) is 7.24. The van der Waals surface area contributed by atoms with Crippen molar-refractivity contribution in [3.63, 3.8) is 0 Å². The molecule has 0 aromatic carbocycles. The van der Waals surface area contributed by atoms with Crippen LogP contribution in [0.2, 0.25) is 0 Å². The van der Waals surface area contributed by atoms with Crippen molar-refractivity contribution in [3.05, 3.63) is 22.4 Å². The molecular formula is C11H17F2NS. The van der Waals surface area contributed by atoms with Crippen molar-refractivity contribution in [3.8, 4) is 0 Å². The maximum absolute atomic E-state index is 12.6. The number of halogens is 2. The zero-order chi connectivity index (χ0) is 11.1. The smallest absolute Gasteiger partial charge is 0.253 e. The molecule has 1 rings (SSSR count). The van der Waals surface area contributed by atoms with Gasteiger partial charge in [0.2, 0.25) is 0 Å². The van der Waals surface area contributed by atoms with Gasteiger partial charge in [-0.15, -0.1) is 0 Å². The third-order valence-corrected chi connectivity index (χ3v) is 3.02. The molecule has 86 valence electrons. The molecule has 0 spiro atoms. The monoisotopic (exact) mass is 233 g/mol. The molecule has 1 heterocycles. The van der Waals surface area contributed by atoms with Gasteiger partial charge in [-0.1, -0.05) is 6.92 Å². The van der Waals surface area contributed by atoms with Gasteiger partial charge in [0, 0.05) is 0 Å². The van der Waals surface area contributed by atoms with Crippen LogP contribution < -0.4 is 5.32 Å². The molecule has 0 radical (unpaired) electrons. The molecule has 0 saturated heterocycles. The van der Waals surface area contributed by atoms with E-state index in [4.69, 9.17) is 0 Å². The molecule has 0 aliphatic carbocycles. The number of nitrogens with one attached hydrogen (secondary N) is 1. The largest absolute Gasteiger partial charge is 0.309 e. The van der Waals surface area contributed by atoms with Crippen molar-refractivity contribution in [2.24, 2.45) is 0 Å². The third kappa shape index (κ3) is 4.71. The van der Waals surface area contributed by atoms with Crippen LogP contribution in [-0.2, 0) is 6.42 Å². The van der Waals surface area contributed by atoms with Crippen LogP contribution in [0.1, 0.15) is 25.3 Å². The number of hydrogen-bond donors (Lipinski definition) is 1. The Hall–Kier alpha value is -0.480. The molecule has 0 aliphatic rings. The van der Waals surface area contributed by atoms with E-state index in [1.165, 1.54) is 0 Å². The summed E-state index contributed by atoms with van der Waals surface area (Å²) in [6.45, 7) is 2.65. The van der Waals surface area contributed by atoms with Gasteiger partial charge in [0.05, 0.1) is 6.04 Å². The third-order valence-electron chi connectivity index (χ3n) is 2.28. The van der Waals surface area contributed by atoms with E-state index >= 15 is 0 Å². The first-order valence-electron chi connectivity index (χ1n) is 5.26. The van der Waals surface area contributed by atoms with Gasteiger partial charge in [-0.3, -0.25) is 0 Å². The van der Waals surface area contributed by atoms with Gasteiger partial charge in [0.25, 0.3) is 6.43 Å². The van der Waals surface area contributed by atoms with Crippen LogP contribution in [-0.4, -0.2) is 19.0 Å². The molecule has 0 amide bonds. The van der Waals surface area contributed by atoms with Crippen molar-refractivity contribution in [2.75, 3.05) is 6.54 Å². The van der Waals surface area contributed by atoms with E-state index < -0.39 is 12.5 Å². The summed E-state index contributed by atoms with van der Waals surface area (Å²) >= 11 is 1.61. The second-order valence-electron chi connectivity index (χ2n) is 3.57. The van der Waals surface area contributed by atoms with Crippen molar-refractivity contribution < 1.29 is 8.78 Å². The fourth-order valence-electron chi connectivity index (χ4n) is 1.40. The fourth-order valence-corrected chi connectivity index (χ4v) is 2.11. The maximum atomic E-state index is 12.6. The second-order valence-corrected chi connectivity index (χ2v) is 4.35. The number of alkyl halides is 2. The van der Waals surface area contributed by atoms with E-state index in [-0.39, 0.29) is 0 Å². The minimum atomic E-state index is -2.27. The molecule has 0 aliphatic heterocycles. The standard InChI is InChI=1S/C11H17F2NS/c1-2-6-14-10(11(12)13)4-3-9-5-7-15-8-9/h5,7-8,10-11,14H,2-4,6H2,1H3. The summed E-state index contributed by atoms with van der Waals surface area (Å²) in [7, 11) is 0.